The fourth-order valence-corrected chi connectivity index (χ4v) is 5.94. The lowest BCUT2D eigenvalue weighted by atomic mass is 9.67. The van der Waals surface area contributed by atoms with Gasteiger partial charge in [0.2, 0.25) is 11.8 Å². The van der Waals surface area contributed by atoms with Crippen molar-refractivity contribution in [1.29, 1.82) is 0 Å². The summed E-state index contributed by atoms with van der Waals surface area (Å²) in [6.07, 6.45) is -1.08. The molecule has 2 amide bonds. The predicted octanol–water partition coefficient (Wildman–Crippen LogP) is 4.51. The fourth-order valence-electron chi connectivity index (χ4n) is 5.94. The maximum atomic E-state index is 14.0. The number of carboxylic acids is 2. The second kappa shape index (κ2) is 18.0. The number of aliphatic carboxylic acids is 2. The molecule has 262 valence electrons. The lowest BCUT2D eigenvalue weighted by molar-refractivity contribution is -0.152. The maximum Gasteiger partial charge on any atom is 0.316 e. The Morgan fingerprint density at radius 1 is 0.646 bits per heavy atom. The highest BCUT2D eigenvalue weighted by Gasteiger charge is 2.47. The van der Waals surface area contributed by atoms with E-state index in [1.165, 1.54) is 0 Å². The number of carbonyl (C=O) groups excluding carboxylic acids is 4. The summed E-state index contributed by atoms with van der Waals surface area (Å²) >= 11 is 0. The van der Waals surface area contributed by atoms with Crippen LogP contribution in [0.2, 0.25) is 0 Å². The third kappa shape index (κ3) is 10.9. The van der Waals surface area contributed by atoms with Crippen molar-refractivity contribution in [3.8, 4) is 11.1 Å². The van der Waals surface area contributed by atoms with Gasteiger partial charge in [0.05, 0.1) is 36.9 Å². The molecule has 0 aliphatic heterocycles. The Hall–Kier alpha value is -4.74. The van der Waals surface area contributed by atoms with Gasteiger partial charge in [-0.3, -0.25) is 28.8 Å². The van der Waals surface area contributed by atoms with Crippen molar-refractivity contribution in [1.82, 2.24) is 10.6 Å². The first kappa shape index (κ1) is 39.4. The molecular weight excluding hydrogens is 620 g/mol. The normalized spacial score (nSPS) is 14.7. The highest BCUT2D eigenvalue weighted by molar-refractivity contribution is 5.89. The Balaban J connectivity index is 2.77. The summed E-state index contributed by atoms with van der Waals surface area (Å²) < 4.78 is 11.2. The number of benzene rings is 2. The van der Waals surface area contributed by atoms with Crippen molar-refractivity contribution < 1.29 is 48.5 Å². The average molecular weight is 669 g/mol. The number of ether oxygens (including phenoxy) is 2. The van der Waals surface area contributed by atoms with Gasteiger partial charge in [0.25, 0.3) is 0 Å². The highest BCUT2D eigenvalue weighted by atomic mass is 16.5. The zero-order valence-corrected chi connectivity index (χ0v) is 28.6. The van der Waals surface area contributed by atoms with Gasteiger partial charge in [-0.2, -0.15) is 0 Å². The topological polar surface area (TPSA) is 185 Å². The van der Waals surface area contributed by atoms with Gasteiger partial charge in [-0.15, -0.1) is 0 Å². The fraction of sp³-hybridized carbons (Fsp3) is 0.500. The summed E-state index contributed by atoms with van der Waals surface area (Å²) in [6.45, 7) is 10.2. The van der Waals surface area contributed by atoms with E-state index in [-0.39, 0.29) is 51.7 Å². The molecule has 0 aliphatic rings. The first-order valence-corrected chi connectivity index (χ1v) is 16.1. The number of hydrogen-bond donors (Lipinski definition) is 4. The van der Waals surface area contributed by atoms with E-state index in [1.807, 2.05) is 42.5 Å². The molecule has 2 unspecified atom stereocenters. The lowest BCUT2D eigenvalue weighted by Crippen LogP contribution is -2.47. The van der Waals surface area contributed by atoms with Crippen LogP contribution in [-0.2, 0) is 49.1 Å². The molecule has 0 aromatic heterocycles. The Kier molecular flexibility index (Phi) is 14.8. The van der Waals surface area contributed by atoms with Crippen molar-refractivity contribution in [2.45, 2.75) is 103 Å². The van der Waals surface area contributed by atoms with Crippen molar-refractivity contribution in [2.75, 3.05) is 13.2 Å². The van der Waals surface area contributed by atoms with Gasteiger partial charge < -0.3 is 30.3 Å². The summed E-state index contributed by atoms with van der Waals surface area (Å²) in [6, 6.07) is 13.6. The summed E-state index contributed by atoms with van der Waals surface area (Å²) in [7, 11) is 0. The molecule has 0 fully saturated rings. The molecule has 48 heavy (non-hydrogen) atoms. The average Bonchev–Trinajstić information content (AvgIpc) is 3.02. The third-order valence-corrected chi connectivity index (χ3v) is 8.14. The van der Waals surface area contributed by atoms with Gasteiger partial charge in [0.1, 0.15) is 0 Å². The molecule has 4 N–H and O–H groups in total. The Bertz CT molecular complexity index is 1460. The minimum absolute atomic E-state index is 0.0380. The van der Waals surface area contributed by atoms with Gasteiger partial charge in [-0.1, -0.05) is 42.5 Å². The number of nitrogens with one attached hydrogen (secondary N) is 2. The molecule has 0 radical (unpaired) electrons. The van der Waals surface area contributed by atoms with Crippen molar-refractivity contribution in [2.24, 2.45) is 0 Å². The molecule has 2 rings (SSSR count). The van der Waals surface area contributed by atoms with Crippen LogP contribution in [0.3, 0.4) is 0 Å². The predicted molar refractivity (Wildman–Crippen MR) is 178 cm³/mol. The first-order valence-electron chi connectivity index (χ1n) is 16.1. The van der Waals surface area contributed by atoms with E-state index in [9.17, 15) is 28.8 Å². The number of carbonyl (C=O) groups is 6. The van der Waals surface area contributed by atoms with E-state index >= 15 is 0 Å². The van der Waals surface area contributed by atoms with E-state index in [1.54, 1.807) is 47.6 Å². The van der Waals surface area contributed by atoms with Crippen molar-refractivity contribution in [3.63, 3.8) is 0 Å². The molecule has 0 saturated carbocycles. The Labute approximate surface area is 281 Å². The van der Waals surface area contributed by atoms with E-state index in [0.717, 1.165) is 11.1 Å². The summed E-state index contributed by atoms with van der Waals surface area (Å²) in [5.74, 6) is -4.38. The molecule has 0 aliphatic carbocycles. The molecule has 12 nitrogen and oxygen atoms in total. The van der Waals surface area contributed by atoms with Crippen molar-refractivity contribution in [3.05, 3.63) is 59.7 Å². The molecule has 4 atom stereocenters. The van der Waals surface area contributed by atoms with E-state index in [2.05, 4.69) is 10.6 Å². The van der Waals surface area contributed by atoms with Crippen LogP contribution in [0.25, 0.3) is 11.1 Å². The standard InChI is InChI=1S/C36H48N2O10/c1-7-47-33(45)35(5,21-23(3)37-29(39)16-18-31(41)42)27-15-14-26(25-12-10-9-11-13-25)20-28(27)36(6,34(46)48-8-2)22-24(4)38-30(40)17-19-32(43)44/h9-15,20,23-24H,7-8,16-19,21-22H2,1-6H3,(H,37,39)(H,38,40)(H,41,42)(H,43,44)/t23?,24-,35?,36+/m0/s1. The van der Waals surface area contributed by atoms with Gasteiger partial charge >= 0.3 is 23.9 Å². The van der Waals surface area contributed by atoms with E-state index in [0.29, 0.717) is 11.1 Å². The smallest absolute Gasteiger partial charge is 0.316 e. The van der Waals surface area contributed by atoms with Crippen LogP contribution >= 0.6 is 0 Å². The number of amides is 2. The third-order valence-electron chi connectivity index (χ3n) is 8.14. The monoisotopic (exact) mass is 668 g/mol. The quantitative estimate of drug-likeness (QED) is 0.155. The zero-order chi connectivity index (χ0) is 36.1. The summed E-state index contributed by atoms with van der Waals surface area (Å²) in [5, 5.41) is 23.6. The minimum atomic E-state index is -1.43. The maximum absolute atomic E-state index is 14.0. The van der Waals surface area contributed by atoms with Crippen LogP contribution in [0.1, 0.15) is 91.2 Å². The summed E-state index contributed by atoms with van der Waals surface area (Å²) in [5.41, 5.74) is -0.340. The second-order valence-corrected chi connectivity index (χ2v) is 12.4. The van der Waals surface area contributed by atoms with Gasteiger partial charge in [-0.25, -0.2) is 0 Å². The van der Waals surface area contributed by atoms with E-state index < -0.39 is 58.6 Å². The second-order valence-electron chi connectivity index (χ2n) is 12.4. The number of rotatable bonds is 19. The summed E-state index contributed by atoms with van der Waals surface area (Å²) in [4.78, 5) is 75.0. The van der Waals surface area contributed by atoms with Crippen LogP contribution in [-0.4, -0.2) is 71.2 Å². The zero-order valence-electron chi connectivity index (χ0n) is 28.6. The number of esters is 2. The van der Waals surface area contributed by atoms with Crippen molar-refractivity contribution >= 4 is 35.7 Å². The van der Waals surface area contributed by atoms with Crippen LogP contribution < -0.4 is 10.6 Å². The number of carboxylic acid groups (broad SMARTS) is 2. The lowest BCUT2D eigenvalue weighted by Gasteiger charge is -2.38. The van der Waals surface area contributed by atoms with Crippen LogP contribution in [0.4, 0.5) is 0 Å². The SMILES string of the molecule is CCOC(=O)C(C)(CC(C)NC(=O)CCC(=O)O)c1ccc(-c2ccccc2)cc1[C@@](C)(C[C@H](C)NC(=O)CCC(=O)O)C(=O)OCC. The molecular formula is C36H48N2O10. The van der Waals surface area contributed by atoms with Gasteiger partial charge in [0.15, 0.2) is 0 Å². The Morgan fingerprint density at radius 3 is 1.50 bits per heavy atom. The minimum Gasteiger partial charge on any atom is -0.481 e. The Morgan fingerprint density at radius 2 is 1.08 bits per heavy atom. The molecule has 0 saturated heterocycles. The molecule has 0 heterocycles. The number of hydrogen-bond acceptors (Lipinski definition) is 8. The van der Waals surface area contributed by atoms with E-state index in [4.69, 9.17) is 19.7 Å². The first-order chi connectivity index (χ1) is 22.6. The molecule has 0 bridgehead atoms. The van der Waals surface area contributed by atoms with Crippen LogP contribution in [0, 0.1) is 0 Å². The highest BCUT2D eigenvalue weighted by Crippen LogP contribution is 2.43. The largest absolute Gasteiger partial charge is 0.481 e. The van der Waals surface area contributed by atoms with Crippen LogP contribution in [0.5, 0.6) is 0 Å². The van der Waals surface area contributed by atoms with Crippen LogP contribution in [0.15, 0.2) is 48.5 Å². The van der Waals surface area contributed by atoms with Gasteiger partial charge in [-0.05, 0) is 82.7 Å². The molecule has 2 aromatic carbocycles. The molecule has 12 heteroatoms. The van der Waals surface area contributed by atoms with Gasteiger partial charge in [0, 0.05) is 24.9 Å². The molecule has 2 aromatic rings. The molecule has 0 spiro atoms.